The van der Waals surface area contributed by atoms with E-state index in [1.807, 2.05) is 36.1 Å². The first-order chi connectivity index (χ1) is 13.1. The number of nitrogens with one attached hydrogen (secondary N) is 1. The lowest BCUT2D eigenvalue weighted by molar-refractivity contribution is -0.140. The third-order valence-electron chi connectivity index (χ3n) is 5.53. The first-order valence-corrected chi connectivity index (χ1v) is 10.4. The van der Waals surface area contributed by atoms with E-state index in [-0.39, 0.29) is 17.7 Å². The van der Waals surface area contributed by atoms with Crippen molar-refractivity contribution in [2.45, 2.75) is 39.0 Å². The molecule has 1 saturated carbocycles. The Balaban J connectivity index is 1.34. The Morgan fingerprint density at radius 2 is 1.89 bits per heavy atom. The maximum Gasteiger partial charge on any atom is 0.227 e. The number of likely N-dealkylation sites (tertiary alicyclic amines) is 1. The summed E-state index contributed by atoms with van der Waals surface area (Å²) in [6, 6.07) is 7.72. The number of anilines is 1. The van der Waals surface area contributed by atoms with Crippen LogP contribution < -0.4 is 5.32 Å². The Labute approximate surface area is 163 Å². The molecule has 1 aliphatic heterocycles. The van der Waals surface area contributed by atoms with E-state index in [4.69, 9.17) is 0 Å². The van der Waals surface area contributed by atoms with Crippen molar-refractivity contribution in [1.82, 2.24) is 15.1 Å². The molecular formula is C20H24N4O2S. The first-order valence-electron chi connectivity index (χ1n) is 9.60. The van der Waals surface area contributed by atoms with E-state index in [2.05, 4.69) is 15.5 Å². The van der Waals surface area contributed by atoms with E-state index in [1.54, 1.807) is 0 Å². The van der Waals surface area contributed by atoms with Crippen molar-refractivity contribution in [2.24, 2.45) is 11.8 Å². The van der Waals surface area contributed by atoms with Crippen LogP contribution in [0.25, 0.3) is 10.6 Å². The minimum atomic E-state index is -0.0390. The monoisotopic (exact) mass is 384 g/mol. The molecular weight excluding hydrogens is 360 g/mol. The summed E-state index contributed by atoms with van der Waals surface area (Å²) in [6.07, 6.45) is 4.71. The largest absolute Gasteiger partial charge is 0.342 e. The van der Waals surface area contributed by atoms with Crippen molar-refractivity contribution in [3.05, 3.63) is 29.3 Å². The molecule has 1 aromatic carbocycles. The Morgan fingerprint density at radius 3 is 2.52 bits per heavy atom. The maximum atomic E-state index is 12.7. The van der Waals surface area contributed by atoms with Gasteiger partial charge in [0.25, 0.3) is 0 Å². The topological polar surface area (TPSA) is 75.2 Å². The van der Waals surface area contributed by atoms with Gasteiger partial charge in [-0.3, -0.25) is 9.59 Å². The van der Waals surface area contributed by atoms with Crippen LogP contribution in [0, 0.1) is 18.8 Å². The van der Waals surface area contributed by atoms with Crippen molar-refractivity contribution in [2.75, 3.05) is 18.4 Å². The predicted molar refractivity (Wildman–Crippen MR) is 105 cm³/mol. The molecule has 1 aliphatic carbocycles. The van der Waals surface area contributed by atoms with Crippen molar-refractivity contribution >= 4 is 28.8 Å². The maximum absolute atomic E-state index is 12.7. The molecule has 142 valence electrons. The molecule has 6 nitrogen and oxygen atoms in total. The fourth-order valence-electron chi connectivity index (χ4n) is 3.66. The van der Waals surface area contributed by atoms with Crippen LogP contribution in [-0.4, -0.2) is 40.0 Å². The highest BCUT2D eigenvalue weighted by molar-refractivity contribution is 7.14. The average Bonchev–Trinajstić information content (AvgIpc) is 3.07. The summed E-state index contributed by atoms with van der Waals surface area (Å²) < 4.78 is 0. The predicted octanol–water partition coefficient (Wildman–Crippen LogP) is 3.49. The van der Waals surface area contributed by atoms with Gasteiger partial charge in [0.2, 0.25) is 11.8 Å². The Bertz CT molecular complexity index is 838. The number of amides is 2. The lowest BCUT2D eigenvalue weighted by Gasteiger charge is -2.36. The van der Waals surface area contributed by atoms with Crippen LogP contribution in [0.1, 0.15) is 37.1 Å². The molecule has 4 rings (SSSR count). The van der Waals surface area contributed by atoms with Crippen LogP contribution >= 0.6 is 11.3 Å². The molecule has 0 bridgehead atoms. The molecule has 2 fully saturated rings. The summed E-state index contributed by atoms with van der Waals surface area (Å²) in [6.45, 7) is 3.31. The molecule has 2 aliphatic rings. The summed E-state index contributed by atoms with van der Waals surface area (Å²) in [5, 5.41) is 13.0. The first kappa shape index (κ1) is 18.1. The van der Waals surface area contributed by atoms with Crippen molar-refractivity contribution in [3.8, 4) is 10.6 Å². The van der Waals surface area contributed by atoms with Crippen molar-refractivity contribution in [3.63, 3.8) is 0 Å². The van der Waals surface area contributed by atoms with E-state index in [1.165, 1.54) is 17.8 Å². The van der Waals surface area contributed by atoms with Gasteiger partial charge in [-0.15, -0.1) is 10.2 Å². The van der Waals surface area contributed by atoms with Gasteiger partial charge >= 0.3 is 0 Å². The third kappa shape index (κ3) is 4.03. The highest BCUT2D eigenvalue weighted by Crippen LogP contribution is 2.30. The second kappa shape index (κ2) is 7.76. The summed E-state index contributed by atoms with van der Waals surface area (Å²) in [7, 11) is 0. The number of piperidine rings is 1. The summed E-state index contributed by atoms with van der Waals surface area (Å²) >= 11 is 1.54. The van der Waals surface area contributed by atoms with Crippen LogP contribution in [0.3, 0.4) is 0 Å². The zero-order chi connectivity index (χ0) is 18.8. The third-order valence-corrected chi connectivity index (χ3v) is 6.42. The Hall–Kier alpha value is -2.28. The number of hydrogen-bond donors (Lipinski definition) is 1. The van der Waals surface area contributed by atoms with E-state index in [0.717, 1.165) is 46.9 Å². The quantitative estimate of drug-likeness (QED) is 0.875. The highest BCUT2D eigenvalue weighted by Gasteiger charge is 2.33. The minimum absolute atomic E-state index is 0.0383. The highest BCUT2D eigenvalue weighted by atomic mass is 32.1. The number of nitrogens with zero attached hydrogens (tertiary/aromatic N) is 3. The number of hydrogen-bond acceptors (Lipinski definition) is 5. The molecule has 2 amide bonds. The Kier molecular flexibility index (Phi) is 5.20. The fourth-order valence-corrected chi connectivity index (χ4v) is 4.35. The second-order valence-corrected chi connectivity index (χ2v) is 8.61. The summed E-state index contributed by atoms with van der Waals surface area (Å²) in [4.78, 5) is 26.9. The van der Waals surface area contributed by atoms with Gasteiger partial charge in [0.15, 0.2) is 0 Å². The molecule has 1 N–H and O–H groups in total. The van der Waals surface area contributed by atoms with Crippen LogP contribution in [0.4, 0.5) is 5.69 Å². The Morgan fingerprint density at radius 1 is 1.11 bits per heavy atom. The summed E-state index contributed by atoms with van der Waals surface area (Å²) in [5.41, 5.74) is 1.73. The average molecular weight is 385 g/mol. The van der Waals surface area contributed by atoms with Gasteiger partial charge in [0, 0.05) is 36.2 Å². The van der Waals surface area contributed by atoms with Gasteiger partial charge in [0.05, 0.1) is 0 Å². The second-order valence-electron chi connectivity index (χ2n) is 7.42. The van der Waals surface area contributed by atoms with E-state index in [9.17, 15) is 9.59 Å². The van der Waals surface area contributed by atoms with Gasteiger partial charge in [-0.25, -0.2) is 0 Å². The molecule has 0 unspecified atom stereocenters. The van der Waals surface area contributed by atoms with E-state index >= 15 is 0 Å². The number of carbonyl (C=O) groups excluding carboxylic acids is 2. The van der Waals surface area contributed by atoms with Gasteiger partial charge in [0.1, 0.15) is 10.0 Å². The van der Waals surface area contributed by atoms with E-state index in [0.29, 0.717) is 19.0 Å². The van der Waals surface area contributed by atoms with Crippen molar-refractivity contribution in [1.29, 1.82) is 0 Å². The van der Waals surface area contributed by atoms with Gasteiger partial charge in [-0.05, 0) is 44.7 Å². The molecule has 7 heteroatoms. The van der Waals surface area contributed by atoms with Gasteiger partial charge in [-0.2, -0.15) is 0 Å². The minimum Gasteiger partial charge on any atom is -0.342 e. The zero-order valence-corrected chi connectivity index (χ0v) is 16.3. The fraction of sp³-hybridized carbons (Fsp3) is 0.500. The number of carbonyl (C=O) groups is 2. The molecule has 27 heavy (non-hydrogen) atoms. The smallest absolute Gasteiger partial charge is 0.227 e. The van der Waals surface area contributed by atoms with Crippen LogP contribution in [0.2, 0.25) is 0 Å². The number of aromatic nitrogens is 2. The van der Waals surface area contributed by atoms with Crippen LogP contribution in [0.15, 0.2) is 24.3 Å². The molecule has 1 aromatic heterocycles. The molecule has 0 radical (unpaired) electrons. The number of aryl methyl sites for hydroxylation is 1. The zero-order valence-electron chi connectivity index (χ0n) is 15.5. The molecule has 0 atom stereocenters. The number of rotatable bonds is 4. The molecule has 2 heterocycles. The van der Waals surface area contributed by atoms with Gasteiger partial charge < -0.3 is 10.2 Å². The normalized spacial score (nSPS) is 18.2. The summed E-state index contributed by atoms with van der Waals surface area (Å²) in [5.74, 6) is 0.529. The lowest BCUT2D eigenvalue weighted by atomic mass is 9.83. The number of benzene rings is 1. The van der Waals surface area contributed by atoms with Crippen LogP contribution in [0.5, 0.6) is 0 Å². The molecule has 2 aromatic rings. The standard InChI is InChI=1S/C20H24N4O2S/c1-13-22-23-19(27-13)16-6-3-7-17(12-16)21-18(25)14-8-10-24(11-9-14)20(26)15-4-2-5-15/h3,6-7,12,14-15H,2,4-5,8-11H2,1H3,(H,21,25). The van der Waals surface area contributed by atoms with E-state index < -0.39 is 0 Å². The lowest BCUT2D eigenvalue weighted by Crippen LogP contribution is -2.45. The molecule has 1 saturated heterocycles. The SMILES string of the molecule is Cc1nnc(-c2cccc(NC(=O)C3CCN(C(=O)C4CCC4)CC3)c2)s1. The van der Waals surface area contributed by atoms with Gasteiger partial charge in [-0.1, -0.05) is 29.9 Å². The van der Waals surface area contributed by atoms with Crippen molar-refractivity contribution < 1.29 is 9.59 Å². The molecule has 0 spiro atoms. The van der Waals surface area contributed by atoms with Crippen LogP contribution in [-0.2, 0) is 9.59 Å².